The molecule has 0 amide bonds. The number of hydrogen-bond donors (Lipinski definition) is 1. The zero-order chi connectivity index (χ0) is 22.2. The minimum Gasteiger partial charge on any atom is -0.490 e. The highest BCUT2D eigenvalue weighted by atomic mass is 32.2. The smallest absolute Gasteiger partial charge is 0.188 e. The van der Waals surface area contributed by atoms with Crippen LogP contribution >= 0.6 is 23.1 Å². The first-order valence-electron chi connectivity index (χ1n) is 12.3. The SMILES string of the molecule is Nn1c(SCCCN2CCN(c3ccc4c(n3)CCCC4)CC2)nc2sc3c(c21)OCCC3. The van der Waals surface area contributed by atoms with E-state index in [1.165, 1.54) is 41.2 Å². The van der Waals surface area contributed by atoms with Crippen molar-refractivity contribution in [1.82, 2.24) is 19.5 Å². The van der Waals surface area contributed by atoms with Crippen molar-refractivity contribution in [2.24, 2.45) is 0 Å². The molecule has 2 N–H and O–H groups in total. The van der Waals surface area contributed by atoms with Gasteiger partial charge in [-0.2, -0.15) is 0 Å². The van der Waals surface area contributed by atoms with Crippen LogP contribution in [0.3, 0.4) is 0 Å². The number of hydrogen-bond acceptors (Lipinski definition) is 8. The molecule has 0 atom stereocenters. The molecule has 0 saturated carbocycles. The molecule has 1 fully saturated rings. The number of pyridine rings is 1. The van der Waals surface area contributed by atoms with E-state index in [2.05, 4.69) is 21.9 Å². The molecule has 9 heteroatoms. The number of nitrogen functional groups attached to an aromatic ring is 1. The number of fused-ring (bicyclic) bond motifs is 4. The highest BCUT2D eigenvalue weighted by molar-refractivity contribution is 7.99. The second-order valence-electron chi connectivity index (χ2n) is 9.24. The molecule has 33 heavy (non-hydrogen) atoms. The average molecular weight is 485 g/mol. The summed E-state index contributed by atoms with van der Waals surface area (Å²) in [5, 5.41) is 0.900. The van der Waals surface area contributed by atoms with E-state index in [0.29, 0.717) is 0 Å². The number of anilines is 1. The molecule has 176 valence electrons. The van der Waals surface area contributed by atoms with Gasteiger partial charge in [-0.05, 0) is 63.1 Å². The molecule has 3 aliphatic rings. The van der Waals surface area contributed by atoms with Gasteiger partial charge in [0.05, 0.1) is 11.5 Å². The molecule has 1 saturated heterocycles. The van der Waals surface area contributed by atoms with Crippen molar-refractivity contribution >= 4 is 39.3 Å². The molecule has 2 aliphatic heterocycles. The Morgan fingerprint density at radius 1 is 1.03 bits per heavy atom. The highest BCUT2D eigenvalue weighted by Crippen LogP contribution is 2.41. The predicted molar refractivity (Wildman–Crippen MR) is 136 cm³/mol. The van der Waals surface area contributed by atoms with Gasteiger partial charge in [0.15, 0.2) is 10.9 Å². The number of aromatic nitrogens is 3. The van der Waals surface area contributed by atoms with Crippen LogP contribution in [0.2, 0.25) is 0 Å². The van der Waals surface area contributed by atoms with Gasteiger partial charge in [0.2, 0.25) is 0 Å². The Balaban J connectivity index is 0.980. The maximum atomic E-state index is 6.38. The molecule has 0 radical (unpaired) electrons. The van der Waals surface area contributed by atoms with Gasteiger partial charge in [-0.15, -0.1) is 11.3 Å². The van der Waals surface area contributed by atoms with E-state index < -0.39 is 0 Å². The predicted octanol–water partition coefficient (Wildman–Crippen LogP) is 3.71. The van der Waals surface area contributed by atoms with Crippen LogP contribution in [-0.2, 0) is 19.3 Å². The number of thioether (sulfide) groups is 1. The number of thiophene rings is 1. The third-order valence-corrected chi connectivity index (χ3v) is 9.19. The second-order valence-corrected chi connectivity index (χ2v) is 11.4. The number of ether oxygens (including phenoxy) is 1. The van der Waals surface area contributed by atoms with Crippen LogP contribution < -0.4 is 15.5 Å². The Hall–Kier alpha value is -1.97. The number of piperazine rings is 1. The molecule has 1 aliphatic carbocycles. The lowest BCUT2D eigenvalue weighted by Crippen LogP contribution is -2.47. The van der Waals surface area contributed by atoms with Crippen molar-refractivity contribution in [1.29, 1.82) is 0 Å². The van der Waals surface area contributed by atoms with Gasteiger partial charge in [-0.1, -0.05) is 17.8 Å². The number of rotatable bonds is 6. The minimum absolute atomic E-state index is 0.780. The van der Waals surface area contributed by atoms with Crippen molar-refractivity contribution in [3.8, 4) is 5.75 Å². The molecule has 0 spiro atoms. The summed E-state index contributed by atoms with van der Waals surface area (Å²) in [4.78, 5) is 17.1. The molecule has 6 rings (SSSR count). The minimum atomic E-state index is 0.780. The summed E-state index contributed by atoms with van der Waals surface area (Å²) in [6.07, 6.45) is 8.24. The monoisotopic (exact) mass is 484 g/mol. The maximum Gasteiger partial charge on any atom is 0.188 e. The normalized spacial score (nSPS) is 18.8. The summed E-state index contributed by atoms with van der Waals surface area (Å²) in [5.74, 6) is 9.55. The molecule has 0 unspecified atom stereocenters. The van der Waals surface area contributed by atoms with E-state index >= 15 is 0 Å². The Morgan fingerprint density at radius 2 is 1.91 bits per heavy atom. The average Bonchev–Trinajstić information content (AvgIpc) is 3.38. The number of imidazole rings is 1. The molecule has 3 aromatic rings. The lowest BCUT2D eigenvalue weighted by atomic mass is 9.96. The number of nitrogens with two attached hydrogens (primary N) is 1. The second kappa shape index (κ2) is 9.35. The fourth-order valence-electron chi connectivity index (χ4n) is 5.19. The van der Waals surface area contributed by atoms with Crippen molar-refractivity contribution < 1.29 is 4.74 Å². The van der Waals surface area contributed by atoms with Crippen molar-refractivity contribution in [2.45, 2.75) is 50.1 Å². The summed E-state index contributed by atoms with van der Waals surface area (Å²) in [5.41, 5.74) is 3.78. The summed E-state index contributed by atoms with van der Waals surface area (Å²) >= 11 is 3.49. The molecule has 0 bridgehead atoms. The molecule has 0 aromatic carbocycles. The van der Waals surface area contributed by atoms with E-state index in [4.69, 9.17) is 20.5 Å². The lowest BCUT2D eigenvalue weighted by Gasteiger charge is -2.35. The van der Waals surface area contributed by atoms with Crippen molar-refractivity contribution in [3.63, 3.8) is 0 Å². The van der Waals surface area contributed by atoms with Crippen LogP contribution in [0, 0.1) is 0 Å². The molecular weight excluding hydrogens is 452 g/mol. The zero-order valence-electron chi connectivity index (χ0n) is 19.1. The van der Waals surface area contributed by atoms with Crippen LogP contribution in [0.4, 0.5) is 5.82 Å². The lowest BCUT2D eigenvalue weighted by molar-refractivity contribution is 0.258. The molecule has 7 nitrogen and oxygen atoms in total. The Labute approximate surface area is 203 Å². The van der Waals surface area contributed by atoms with Crippen LogP contribution in [0.25, 0.3) is 10.3 Å². The molecule has 3 aromatic heterocycles. The van der Waals surface area contributed by atoms with Crippen LogP contribution in [0.15, 0.2) is 17.3 Å². The maximum absolute atomic E-state index is 6.38. The van der Waals surface area contributed by atoms with E-state index in [1.54, 1.807) is 27.8 Å². The summed E-state index contributed by atoms with van der Waals surface area (Å²) in [6, 6.07) is 4.55. The van der Waals surface area contributed by atoms with Crippen molar-refractivity contribution in [2.75, 3.05) is 55.8 Å². The topological polar surface area (TPSA) is 72.4 Å². The Kier molecular flexibility index (Phi) is 6.11. The van der Waals surface area contributed by atoms with Crippen LogP contribution in [-0.4, -0.2) is 64.6 Å². The fraction of sp³-hybridized carbons (Fsp3) is 0.583. The van der Waals surface area contributed by atoms with E-state index in [1.807, 2.05) is 0 Å². The number of nitrogens with zero attached hydrogens (tertiary/aromatic N) is 5. The van der Waals surface area contributed by atoms with Gasteiger partial charge in [-0.25, -0.2) is 14.6 Å². The molecule has 5 heterocycles. The first-order valence-corrected chi connectivity index (χ1v) is 14.1. The first kappa shape index (κ1) is 21.6. The van der Waals surface area contributed by atoms with E-state index in [0.717, 1.165) is 92.0 Å². The summed E-state index contributed by atoms with van der Waals surface area (Å²) in [7, 11) is 0. The summed E-state index contributed by atoms with van der Waals surface area (Å²) < 4.78 is 7.63. The zero-order valence-corrected chi connectivity index (χ0v) is 20.7. The van der Waals surface area contributed by atoms with E-state index in [-0.39, 0.29) is 0 Å². The molecular formula is C24H32N6OS2. The quantitative estimate of drug-likeness (QED) is 0.325. The Bertz CT molecular complexity index is 1130. The third kappa shape index (κ3) is 4.31. The van der Waals surface area contributed by atoms with Gasteiger partial charge >= 0.3 is 0 Å². The standard InChI is InChI=1S/C24H32N6OS2/c25-30-21-22-19(7-3-15-31-22)33-23(21)27-24(30)32-16-4-10-28-11-13-29(14-12-28)20-9-8-17-5-1-2-6-18(17)26-20/h8-9H,1-7,10-16,25H2. The number of aryl methyl sites for hydroxylation is 3. The largest absolute Gasteiger partial charge is 0.490 e. The van der Waals surface area contributed by atoms with Crippen molar-refractivity contribution in [3.05, 3.63) is 28.3 Å². The third-order valence-electron chi connectivity index (χ3n) is 7.04. The van der Waals surface area contributed by atoms with Gasteiger partial charge in [0.25, 0.3) is 0 Å². The first-order chi connectivity index (χ1) is 16.3. The van der Waals surface area contributed by atoms with Gasteiger partial charge in [0, 0.05) is 37.6 Å². The Morgan fingerprint density at radius 3 is 2.82 bits per heavy atom. The van der Waals surface area contributed by atoms with Gasteiger partial charge in [-0.3, -0.25) is 4.90 Å². The fourth-order valence-corrected chi connectivity index (χ4v) is 7.23. The van der Waals surface area contributed by atoms with Crippen LogP contribution in [0.1, 0.15) is 41.8 Å². The van der Waals surface area contributed by atoms with E-state index in [9.17, 15) is 0 Å². The van der Waals surface area contributed by atoms with Gasteiger partial charge in [0.1, 0.15) is 16.2 Å². The highest BCUT2D eigenvalue weighted by Gasteiger charge is 2.24. The summed E-state index contributed by atoms with van der Waals surface area (Å²) in [6.45, 7) is 6.24. The van der Waals surface area contributed by atoms with Gasteiger partial charge < -0.3 is 15.5 Å². The van der Waals surface area contributed by atoms with Crippen LogP contribution in [0.5, 0.6) is 5.75 Å².